The first kappa shape index (κ1) is 20.2. The number of nitrogens with zero attached hydrogens (tertiary/aromatic N) is 2. The van der Waals surface area contributed by atoms with Crippen molar-refractivity contribution in [3.8, 4) is 0 Å². The van der Waals surface area contributed by atoms with Crippen LogP contribution in [0.4, 0.5) is 10.5 Å². The van der Waals surface area contributed by atoms with Crippen molar-refractivity contribution in [3.05, 3.63) is 39.9 Å². The molecule has 0 unspecified atom stereocenters. The summed E-state index contributed by atoms with van der Waals surface area (Å²) < 4.78 is 5.13. The van der Waals surface area contributed by atoms with Crippen molar-refractivity contribution >= 4 is 17.7 Å². The van der Waals surface area contributed by atoms with Gasteiger partial charge < -0.3 is 20.7 Å². The maximum absolute atomic E-state index is 11.5. The maximum atomic E-state index is 11.5. The van der Waals surface area contributed by atoms with Crippen LogP contribution in [0, 0.1) is 10.1 Å². The van der Waals surface area contributed by atoms with Crippen molar-refractivity contribution in [2.24, 2.45) is 4.99 Å². The number of guanidine groups is 1. The van der Waals surface area contributed by atoms with Gasteiger partial charge in [-0.05, 0) is 26.3 Å². The molecule has 1 amide bonds. The van der Waals surface area contributed by atoms with Crippen molar-refractivity contribution in [1.82, 2.24) is 16.0 Å². The molecular formula is C16H25N5O4. The Balaban J connectivity index is 2.35. The highest BCUT2D eigenvalue weighted by molar-refractivity contribution is 5.79. The van der Waals surface area contributed by atoms with Gasteiger partial charge in [-0.1, -0.05) is 12.1 Å². The Hall–Kier alpha value is -2.84. The van der Waals surface area contributed by atoms with Crippen molar-refractivity contribution in [2.45, 2.75) is 32.9 Å². The number of non-ortho nitro benzene ring substituents is 1. The van der Waals surface area contributed by atoms with Gasteiger partial charge in [0.1, 0.15) is 5.60 Å². The van der Waals surface area contributed by atoms with Gasteiger partial charge in [0.2, 0.25) is 0 Å². The molecule has 9 heteroatoms. The number of rotatable bonds is 6. The summed E-state index contributed by atoms with van der Waals surface area (Å²) in [4.78, 5) is 25.9. The van der Waals surface area contributed by atoms with E-state index in [0.717, 1.165) is 5.56 Å². The van der Waals surface area contributed by atoms with Crippen LogP contribution in [0.3, 0.4) is 0 Å². The van der Waals surface area contributed by atoms with Crippen LogP contribution in [0.2, 0.25) is 0 Å². The summed E-state index contributed by atoms with van der Waals surface area (Å²) in [5.41, 5.74) is 0.278. The van der Waals surface area contributed by atoms with Gasteiger partial charge in [0, 0.05) is 38.8 Å². The summed E-state index contributed by atoms with van der Waals surface area (Å²) in [6, 6.07) is 6.37. The number of aliphatic imine (C=N–C) groups is 1. The first-order chi connectivity index (χ1) is 11.7. The summed E-state index contributed by atoms with van der Waals surface area (Å²) in [5.74, 6) is 0.525. The zero-order chi connectivity index (χ0) is 18.9. The fourth-order valence-corrected chi connectivity index (χ4v) is 1.85. The second kappa shape index (κ2) is 9.45. The molecule has 0 saturated carbocycles. The molecule has 0 heterocycles. The van der Waals surface area contributed by atoms with Gasteiger partial charge in [0.15, 0.2) is 5.96 Å². The fourth-order valence-electron chi connectivity index (χ4n) is 1.85. The van der Waals surface area contributed by atoms with Crippen LogP contribution >= 0.6 is 0 Å². The van der Waals surface area contributed by atoms with Crippen LogP contribution in [0.15, 0.2) is 29.3 Å². The van der Waals surface area contributed by atoms with Gasteiger partial charge in [0.05, 0.1) is 4.92 Å². The van der Waals surface area contributed by atoms with E-state index in [4.69, 9.17) is 4.74 Å². The van der Waals surface area contributed by atoms with Gasteiger partial charge in [-0.25, -0.2) is 4.79 Å². The molecule has 0 radical (unpaired) electrons. The lowest BCUT2D eigenvalue weighted by Gasteiger charge is -2.19. The number of benzene rings is 1. The first-order valence-corrected chi connectivity index (χ1v) is 7.86. The second-order valence-corrected chi connectivity index (χ2v) is 6.21. The van der Waals surface area contributed by atoms with E-state index in [1.54, 1.807) is 40.0 Å². The number of hydrogen-bond acceptors (Lipinski definition) is 5. The van der Waals surface area contributed by atoms with Crippen LogP contribution in [0.25, 0.3) is 0 Å². The Kier molecular flexibility index (Phi) is 7.64. The molecule has 1 rings (SSSR count). The molecule has 138 valence electrons. The van der Waals surface area contributed by atoms with Crippen LogP contribution in [-0.2, 0) is 11.3 Å². The van der Waals surface area contributed by atoms with Crippen LogP contribution < -0.4 is 16.0 Å². The zero-order valence-corrected chi connectivity index (χ0v) is 15.0. The van der Waals surface area contributed by atoms with Gasteiger partial charge >= 0.3 is 6.09 Å². The van der Waals surface area contributed by atoms with Crippen LogP contribution in [0.5, 0.6) is 0 Å². The van der Waals surface area contributed by atoms with E-state index >= 15 is 0 Å². The molecule has 3 N–H and O–H groups in total. The highest BCUT2D eigenvalue weighted by Crippen LogP contribution is 2.12. The molecule has 25 heavy (non-hydrogen) atoms. The Morgan fingerprint density at radius 3 is 2.52 bits per heavy atom. The van der Waals surface area contributed by atoms with Gasteiger partial charge in [-0.15, -0.1) is 0 Å². The molecule has 0 saturated heterocycles. The molecule has 0 spiro atoms. The second-order valence-electron chi connectivity index (χ2n) is 6.21. The van der Waals surface area contributed by atoms with Crippen LogP contribution in [-0.4, -0.2) is 42.7 Å². The van der Waals surface area contributed by atoms with E-state index in [2.05, 4.69) is 20.9 Å². The predicted octanol–water partition coefficient (Wildman–Crippen LogP) is 1.78. The molecule has 0 aliphatic rings. The van der Waals surface area contributed by atoms with Crippen LogP contribution in [0.1, 0.15) is 26.3 Å². The Labute approximate surface area is 147 Å². The molecule has 1 aromatic carbocycles. The lowest BCUT2D eigenvalue weighted by molar-refractivity contribution is -0.384. The normalized spacial score (nSPS) is 11.6. The lowest BCUT2D eigenvalue weighted by Crippen LogP contribution is -2.42. The molecule has 0 bridgehead atoms. The average Bonchev–Trinajstić information content (AvgIpc) is 2.52. The highest BCUT2D eigenvalue weighted by atomic mass is 16.6. The Bertz CT molecular complexity index is 625. The number of amides is 1. The van der Waals surface area contributed by atoms with Gasteiger partial charge in [-0.3, -0.25) is 15.1 Å². The standard InChI is InChI=1S/C16H25N5O4/c1-16(2,3)25-15(22)19-9-8-18-14(17-4)20-11-12-6-5-7-13(10-12)21(23)24/h5-7,10H,8-9,11H2,1-4H3,(H,19,22)(H2,17,18,20). The van der Waals surface area contributed by atoms with Crippen molar-refractivity contribution in [3.63, 3.8) is 0 Å². The maximum Gasteiger partial charge on any atom is 0.407 e. The minimum atomic E-state index is -0.534. The van der Waals surface area contributed by atoms with Gasteiger partial charge in [0.25, 0.3) is 5.69 Å². The molecule has 0 fully saturated rings. The molecule has 0 aromatic heterocycles. The zero-order valence-electron chi connectivity index (χ0n) is 15.0. The molecule has 0 atom stereocenters. The van der Waals surface area contributed by atoms with E-state index in [9.17, 15) is 14.9 Å². The topological polar surface area (TPSA) is 118 Å². The fraction of sp³-hybridized carbons (Fsp3) is 0.500. The largest absolute Gasteiger partial charge is 0.444 e. The molecule has 9 nitrogen and oxygen atoms in total. The van der Waals surface area contributed by atoms with Gasteiger partial charge in [-0.2, -0.15) is 0 Å². The number of carbonyl (C=O) groups is 1. The molecule has 1 aromatic rings. The van der Waals surface area contributed by atoms with Crippen molar-refractivity contribution in [1.29, 1.82) is 0 Å². The third-order valence-electron chi connectivity index (χ3n) is 2.89. The average molecular weight is 351 g/mol. The predicted molar refractivity (Wildman–Crippen MR) is 95.5 cm³/mol. The first-order valence-electron chi connectivity index (χ1n) is 7.86. The minimum absolute atomic E-state index is 0.0452. The SMILES string of the molecule is CN=C(NCCNC(=O)OC(C)(C)C)NCc1cccc([N+](=O)[O-])c1. The minimum Gasteiger partial charge on any atom is -0.444 e. The summed E-state index contributed by atoms with van der Waals surface area (Å²) in [6.07, 6.45) is -0.478. The smallest absolute Gasteiger partial charge is 0.407 e. The number of ether oxygens (including phenoxy) is 1. The van der Waals surface area contributed by atoms with E-state index in [-0.39, 0.29) is 5.69 Å². The Morgan fingerprint density at radius 1 is 1.24 bits per heavy atom. The van der Waals surface area contributed by atoms with Crippen molar-refractivity contribution in [2.75, 3.05) is 20.1 Å². The third-order valence-corrected chi connectivity index (χ3v) is 2.89. The number of hydrogen-bond donors (Lipinski definition) is 3. The quantitative estimate of drug-likeness (QED) is 0.236. The monoisotopic (exact) mass is 351 g/mol. The number of nitro groups is 1. The van der Waals surface area contributed by atoms with E-state index in [1.165, 1.54) is 12.1 Å². The van der Waals surface area contributed by atoms with Crippen molar-refractivity contribution < 1.29 is 14.5 Å². The van der Waals surface area contributed by atoms with E-state index < -0.39 is 16.6 Å². The summed E-state index contributed by atoms with van der Waals surface area (Å²) in [6.45, 7) is 6.60. The number of nitro benzene ring substituents is 1. The summed E-state index contributed by atoms with van der Waals surface area (Å²) in [5, 5.41) is 19.5. The number of alkyl carbamates (subject to hydrolysis) is 1. The van der Waals surface area contributed by atoms with E-state index in [1.807, 2.05) is 0 Å². The highest BCUT2D eigenvalue weighted by Gasteiger charge is 2.15. The molecular weight excluding hydrogens is 326 g/mol. The lowest BCUT2D eigenvalue weighted by atomic mass is 10.2. The summed E-state index contributed by atoms with van der Waals surface area (Å²) >= 11 is 0. The van der Waals surface area contributed by atoms with E-state index in [0.29, 0.717) is 25.6 Å². The third kappa shape index (κ3) is 8.54. The number of nitrogens with one attached hydrogen (secondary N) is 3. The Morgan fingerprint density at radius 2 is 1.92 bits per heavy atom. The number of carbonyl (C=O) groups excluding carboxylic acids is 1. The summed E-state index contributed by atoms with van der Waals surface area (Å²) in [7, 11) is 1.62. The molecule has 0 aliphatic heterocycles. The molecule has 0 aliphatic carbocycles.